The van der Waals surface area contributed by atoms with E-state index in [0.29, 0.717) is 13.0 Å². The van der Waals surface area contributed by atoms with Gasteiger partial charge in [-0.2, -0.15) is 0 Å². The Kier molecular flexibility index (Phi) is 6.20. The van der Waals surface area contributed by atoms with Crippen LogP contribution in [0.3, 0.4) is 0 Å². The molecule has 2 N–H and O–H groups in total. The average molecular weight is 200 g/mol. The van der Waals surface area contributed by atoms with E-state index in [4.69, 9.17) is 5.73 Å². The van der Waals surface area contributed by atoms with E-state index >= 15 is 0 Å². The fourth-order valence-corrected chi connectivity index (χ4v) is 1.03. The number of Topliss-reactive ketones (excluding diaryl/α,β-unsaturated/α-hetero) is 1. The molecule has 0 unspecified atom stereocenters. The molecule has 0 bridgehead atoms. The van der Waals surface area contributed by atoms with Gasteiger partial charge in [0.2, 0.25) is 0 Å². The summed E-state index contributed by atoms with van der Waals surface area (Å²) in [6, 6.07) is 9.31. The topological polar surface area (TPSA) is 43.1 Å². The van der Waals surface area contributed by atoms with Crippen molar-refractivity contribution in [3.05, 3.63) is 35.9 Å². The fourth-order valence-electron chi connectivity index (χ4n) is 1.03. The molecule has 0 aliphatic heterocycles. The molecule has 0 aromatic heterocycles. The molecule has 0 heterocycles. The van der Waals surface area contributed by atoms with Gasteiger partial charge >= 0.3 is 0 Å². The van der Waals surface area contributed by atoms with Gasteiger partial charge in [-0.1, -0.05) is 30.3 Å². The first-order valence-corrected chi connectivity index (χ1v) is 4.13. The first kappa shape index (κ1) is 12.1. The minimum atomic E-state index is 0. The minimum Gasteiger partial charge on any atom is -0.330 e. The molecule has 0 radical (unpaired) electrons. The second-order valence-electron chi connectivity index (χ2n) is 2.68. The van der Waals surface area contributed by atoms with Crippen LogP contribution in [0.5, 0.6) is 0 Å². The lowest BCUT2D eigenvalue weighted by molar-refractivity contribution is 0.0981. The molecule has 0 amide bonds. The van der Waals surface area contributed by atoms with Crippen LogP contribution in [0.4, 0.5) is 0 Å². The van der Waals surface area contributed by atoms with Gasteiger partial charge in [-0.05, 0) is 13.0 Å². The summed E-state index contributed by atoms with van der Waals surface area (Å²) in [5.74, 6) is 0.182. The van der Waals surface area contributed by atoms with Gasteiger partial charge in [0.05, 0.1) is 0 Å². The van der Waals surface area contributed by atoms with Crippen LogP contribution in [0.1, 0.15) is 23.2 Å². The van der Waals surface area contributed by atoms with Crippen LogP contribution in [-0.2, 0) is 0 Å². The van der Waals surface area contributed by atoms with Gasteiger partial charge in [0.15, 0.2) is 5.78 Å². The molecule has 72 valence electrons. The summed E-state index contributed by atoms with van der Waals surface area (Å²) in [6.07, 6.45) is 1.33. The SMILES string of the molecule is Cl.NCCCC(=O)c1ccccc1. The number of carbonyl (C=O) groups excluding carboxylic acids is 1. The molecule has 1 aromatic carbocycles. The van der Waals surface area contributed by atoms with E-state index in [1.165, 1.54) is 0 Å². The Hall–Kier alpha value is -0.860. The summed E-state index contributed by atoms with van der Waals surface area (Å²) in [6.45, 7) is 0.582. The van der Waals surface area contributed by atoms with Crippen molar-refractivity contribution in [3.63, 3.8) is 0 Å². The zero-order valence-electron chi connectivity index (χ0n) is 7.40. The molecule has 0 fully saturated rings. The molecular weight excluding hydrogens is 186 g/mol. The lowest BCUT2D eigenvalue weighted by Gasteiger charge is -1.97. The van der Waals surface area contributed by atoms with E-state index in [2.05, 4.69) is 0 Å². The number of hydrogen-bond donors (Lipinski definition) is 1. The van der Waals surface area contributed by atoms with E-state index in [1.807, 2.05) is 30.3 Å². The number of nitrogens with two attached hydrogens (primary N) is 1. The molecular formula is C10H14ClNO. The third-order valence-electron chi connectivity index (χ3n) is 1.70. The first-order valence-electron chi connectivity index (χ1n) is 4.13. The Morgan fingerprint density at radius 1 is 1.23 bits per heavy atom. The zero-order chi connectivity index (χ0) is 8.81. The highest BCUT2D eigenvalue weighted by Crippen LogP contribution is 2.03. The number of halogens is 1. The van der Waals surface area contributed by atoms with Crippen LogP contribution in [0.2, 0.25) is 0 Å². The van der Waals surface area contributed by atoms with Crippen molar-refractivity contribution in [2.24, 2.45) is 5.73 Å². The molecule has 2 nitrogen and oxygen atoms in total. The number of carbonyl (C=O) groups is 1. The lowest BCUT2D eigenvalue weighted by Crippen LogP contribution is -2.04. The van der Waals surface area contributed by atoms with Crippen molar-refractivity contribution in [3.8, 4) is 0 Å². The Balaban J connectivity index is 0.00000144. The molecule has 0 saturated heterocycles. The first-order chi connectivity index (χ1) is 5.84. The molecule has 1 rings (SSSR count). The Morgan fingerprint density at radius 3 is 2.38 bits per heavy atom. The summed E-state index contributed by atoms with van der Waals surface area (Å²) in [4.78, 5) is 11.3. The van der Waals surface area contributed by atoms with Crippen molar-refractivity contribution < 1.29 is 4.79 Å². The molecule has 13 heavy (non-hydrogen) atoms. The normalized spacial score (nSPS) is 9.00. The van der Waals surface area contributed by atoms with Crippen molar-refractivity contribution in [1.29, 1.82) is 0 Å². The van der Waals surface area contributed by atoms with Gasteiger partial charge in [-0.15, -0.1) is 12.4 Å². The molecule has 0 aliphatic carbocycles. The lowest BCUT2D eigenvalue weighted by atomic mass is 10.1. The molecule has 0 aliphatic rings. The van der Waals surface area contributed by atoms with Crippen LogP contribution >= 0.6 is 12.4 Å². The van der Waals surface area contributed by atoms with Crippen LogP contribution in [0, 0.1) is 0 Å². The van der Waals surface area contributed by atoms with Gasteiger partial charge in [0.1, 0.15) is 0 Å². The largest absolute Gasteiger partial charge is 0.330 e. The quantitative estimate of drug-likeness (QED) is 0.755. The Bertz CT molecular complexity index is 248. The number of hydrogen-bond acceptors (Lipinski definition) is 2. The van der Waals surface area contributed by atoms with Crippen molar-refractivity contribution in [1.82, 2.24) is 0 Å². The fraction of sp³-hybridized carbons (Fsp3) is 0.300. The number of benzene rings is 1. The molecule has 0 atom stereocenters. The van der Waals surface area contributed by atoms with Gasteiger partial charge < -0.3 is 5.73 Å². The summed E-state index contributed by atoms with van der Waals surface area (Å²) < 4.78 is 0. The maximum atomic E-state index is 11.3. The monoisotopic (exact) mass is 199 g/mol. The van der Waals surface area contributed by atoms with E-state index in [0.717, 1.165) is 12.0 Å². The van der Waals surface area contributed by atoms with Crippen LogP contribution in [0.25, 0.3) is 0 Å². The maximum absolute atomic E-state index is 11.3. The van der Waals surface area contributed by atoms with Gasteiger partial charge in [-0.3, -0.25) is 4.79 Å². The van der Waals surface area contributed by atoms with E-state index < -0.39 is 0 Å². The second-order valence-corrected chi connectivity index (χ2v) is 2.68. The highest BCUT2D eigenvalue weighted by atomic mass is 35.5. The van der Waals surface area contributed by atoms with Crippen LogP contribution < -0.4 is 5.73 Å². The summed E-state index contributed by atoms with van der Waals surface area (Å²) in [7, 11) is 0. The molecule has 0 saturated carbocycles. The smallest absolute Gasteiger partial charge is 0.162 e. The molecule has 1 aromatic rings. The van der Waals surface area contributed by atoms with E-state index in [1.54, 1.807) is 0 Å². The van der Waals surface area contributed by atoms with E-state index in [-0.39, 0.29) is 18.2 Å². The van der Waals surface area contributed by atoms with Crippen LogP contribution in [0.15, 0.2) is 30.3 Å². The zero-order valence-corrected chi connectivity index (χ0v) is 8.22. The Labute approximate surface area is 84.5 Å². The van der Waals surface area contributed by atoms with Crippen LogP contribution in [-0.4, -0.2) is 12.3 Å². The van der Waals surface area contributed by atoms with Gasteiger partial charge in [0.25, 0.3) is 0 Å². The Morgan fingerprint density at radius 2 is 1.85 bits per heavy atom. The predicted molar refractivity (Wildman–Crippen MR) is 56.3 cm³/mol. The summed E-state index contributed by atoms with van der Waals surface area (Å²) >= 11 is 0. The summed E-state index contributed by atoms with van der Waals surface area (Å²) in [5.41, 5.74) is 6.09. The van der Waals surface area contributed by atoms with Crippen molar-refractivity contribution in [2.45, 2.75) is 12.8 Å². The van der Waals surface area contributed by atoms with Crippen molar-refractivity contribution in [2.75, 3.05) is 6.54 Å². The highest BCUT2D eigenvalue weighted by molar-refractivity contribution is 5.95. The van der Waals surface area contributed by atoms with Gasteiger partial charge in [0, 0.05) is 12.0 Å². The standard InChI is InChI=1S/C10H13NO.ClH/c11-8-4-7-10(12)9-5-2-1-3-6-9;/h1-3,5-6H,4,7-8,11H2;1H. The van der Waals surface area contributed by atoms with Crippen molar-refractivity contribution >= 4 is 18.2 Å². The average Bonchev–Trinajstić information content (AvgIpc) is 2.15. The summed E-state index contributed by atoms with van der Waals surface area (Å²) in [5, 5.41) is 0. The van der Waals surface area contributed by atoms with Gasteiger partial charge in [-0.25, -0.2) is 0 Å². The highest BCUT2D eigenvalue weighted by Gasteiger charge is 2.02. The predicted octanol–water partition coefficient (Wildman–Crippen LogP) is 2.03. The number of rotatable bonds is 4. The third-order valence-corrected chi connectivity index (χ3v) is 1.70. The third kappa shape index (κ3) is 4.06. The maximum Gasteiger partial charge on any atom is 0.162 e. The second kappa shape index (κ2) is 6.63. The molecule has 0 spiro atoms. The number of ketones is 1. The minimum absolute atomic E-state index is 0. The van der Waals surface area contributed by atoms with E-state index in [9.17, 15) is 4.79 Å². The molecule has 3 heteroatoms.